The molecule has 1 aliphatic rings. The molecule has 5 heteroatoms. The molecule has 1 heterocycles. The second kappa shape index (κ2) is 8.73. The molecule has 3 unspecified atom stereocenters. The van der Waals surface area contributed by atoms with E-state index in [9.17, 15) is 4.79 Å². The maximum absolute atomic E-state index is 12.3. The van der Waals surface area contributed by atoms with Gasteiger partial charge in [-0.3, -0.25) is 0 Å². The highest BCUT2D eigenvalue weighted by Gasteiger charge is 2.31. The van der Waals surface area contributed by atoms with Gasteiger partial charge in [-0.1, -0.05) is 20.3 Å². The first-order valence-electron chi connectivity index (χ1n) is 8.53. The largest absolute Gasteiger partial charge is 0.444 e. The Bertz CT molecular complexity index is 341. The van der Waals surface area contributed by atoms with Gasteiger partial charge < -0.3 is 19.7 Å². The molecule has 0 saturated carbocycles. The second-order valence-corrected chi connectivity index (χ2v) is 7.46. The van der Waals surface area contributed by atoms with Gasteiger partial charge in [-0.15, -0.1) is 0 Å². The smallest absolute Gasteiger partial charge is 0.410 e. The molecule has 1 saturated heterocycles. The summed E-state index contributed by atoms with van der Waals surface area (Å²) in [6, 6.07) is 0.439. The van der Waals surface area contributed by atoms with E-state index < -0.39 is 5.60 Å². The van der Waals surface area contributed by atoms with Crippen molar-refractivity contribution in [3.63, 3.8) is 0 Å². The van der Waals surface area contributed by atoms with Crippen LogP contribution in [0.3, 0.4) is 0 Å². The van der Waals surface area contributed by atoms with Crippen LogP contribution in [0.5, 0.6) is 0 Å². The lowest BCUT2D eigenvalue weighted by molar-refractivity contribution is -0.0356. The summed E-state index contributed by atoms with van der Waals surface area (Å²) in [6.45, 7) is 15.1. The van der Waals surface area contributed by atoms with Crippen LogP contribution in [0.1, 0.15) is 54.4 Å². The first-order chi connectivity index (χ1) is 10.2. The Morgan fingerprint density at radius 3 is 2.68 bits per heavy atom. The van der Waals surface area contributed by atoms with Crippen LogP contribution >= 0.6 is 0 Å². The Balaban J connectivity index is 2.52. The fourth-order valence-corrected chi connectivity index (χ4v) is 2.45. The molecule has 1 amide bonds. The average molecular weight is 314 g/mol. The molecule has 22 heavy (non-hydrogen) atoms. The lowest BCUT2D eigenvalue weighted by Gasteiger charge is -2.37. The van der Waals surface area contributed by atoms with Gasteiger partial charge >= 0.3 is 6.09 Å². The lowest BCUT2D eigenvalue weighted by atomic mass is 10.0. The predicted octanol–water partition coefficient (Wildman–Crippen LogP) is 3.04. The van der Waals surface area contributed by atoms with Crippen molar-refractivity contribution in [3.8, 4) is 0 Å². The van der Waals surface area contributed by atoms with E-state index in [1.165, 1.54) is 6.42 Å². The van der Waals surface area contributed by atoms with Gasteiger partial charge in [0.1, 0.15) is 5.60 Å². The zero-order valence-corrected chi connectivity index (χ0v) is 15.1. The van der Waals surface area contributed by atoms with E-state index in [0.29, 0.717) is 31.7 Å². The molecule has 0 radical (unpaired) electrons. The Kier molecular flexibility index (Phi) is 7.63. The van der Waals surface area contributed by atoms with E-state index in [1.807, 2.05) is 25.7 Å². The molecule has 1 rings (SSSR count). The molecule has 0 spiro atoms. The van der Waals surface area contributed by atoms with E-state index in [0.717, 1.165) is 13.0 Å². The number of nitrogens with one attached hydrogen (secondary N) is 1. The van der Waals surface area contributed by atoms with Gasteiger partial charge in [0.05, 0.1) is 19.3 Å². The van der Waals surface area contributed by atoms with Crippen LogP contribution in [0.2, 0.25) is 0 Å². The summed E-state index contributed by atoms with van der Waals surface area (Å²) in [5, 5.41) is 3.55. The molecule has 0 aromatic carbocycles. The van der Waals surface area contributed by atoms with E-state index in [2.05, 4.69) is 26.1 Å². The van der Waals surface area contributed by atoms with Gasteiger partial charge in [-0.25, -0.2) is 4.79 Å². The van der Waals surface area contributed by atoms with Crippen LogP contribution in [0, 0.1) is 5.92 Å². The number of rotatable bonds is 6. The van der Waals surface area contributed by atoms with Crippen LogP contribution < -0.4 is 5.32 Å². The topological polar surface area (TPSA) is 50.8 Å². The number of ether oxygens (including phenoxy) is 2. The monoisotopic (exact) mass is 314 g/mol. The number of amides is 1. The molecule has 5 nitrogen and oxygen atoms in total. The summed E-state index contributed by atoms with van der Waals surface area (Å²) in [4.78, 5) is 14.2. The normalized spacial score (nSPS) is 22.3. The number of hydrogen-bond acceptors (Lipinski definition) is 4. The number of hydrogen-bond donors (Lipinski definition) is 1. The fourth-order valence-electron chi connectivity index (χ4n) is 2.45. The molecule has 1 N–H and O–H groups in total. The lowest BCUT2D eigenvalue weighted by Crippen LogP contribution is -2.52. The number of carbonyl (C=O) groups excluding carboxylic acids is 1. The number of morpholine rings is 1. The Morgan fingerprint density at radius 1 is 1.41 bits per heavy atom. The van der Waals surface area contributed by atoms with Crippen LogP contribution in [-0.4, -0.2) is 55.0 Å². The molecule has 3 atom stereocenters. The standard InChI is InChI=1S/C17H34N2O3/c1-7-13(2)11-18-14(3)10-15-12-21-9-8-19(15)16(20)22-17(4,5)6/h13-15,18H,7-12H2,1-6H3. The minimum absolute atomic E-state index is 0.0861. The summed E-state index contributed by atoms with van der Waals surface area (Å²) < 4.78 is 11.1. The van der Waals surface area contributed by atoms with E-state index >= 15 is 0 Å². The van der Waals surface area contributed by atoms with Gasteiger partial charge in [-0.05, 0) is 46.6 Å². The Hall–Kier alpha value is -0.810. The summed E-state index contributed by atoms with van der Waals surface area (Å²) in [6.07, 6.45) is 1.83. The highest BCUT2D eigenvalue weighted by atomic mass is 16.6. The molecular weight excluding hydrogens is 280 g/mol. The van der Waals surface area contributed by atoms with Crippen LogP contribution in [0.15, 0.2) is 0 Å². The van der Waals surface area contributed by atoms with Crippen molar-refractivity contribution in [1.29, 1.82) is 0 Å². The van der Waals surface area contributed by atoms with Crippen molar-refractivity contribution >= 4 is 6.09 Å². The van der Waals surface area contributed by atoms with Crippen molar-refractivity contribution in [3.05, 3.63) is 0 Å². The van der Waals surface area contributed by atoms with E-state index in [4.69, 9.17) is 9.47 Å². The molecule has 0 bridgehead atoms. The summed E-state index contributed by atoms with van der Waals surface area (Å²) in [5.74, 6) is 0.673. The third kappa shape index (κ3) is 6.97. The van der Waals surface area contributed by atoms with Gasteiger partial charge in [-0.2, -0.15) is 0 Å². The maximum Gasteiger partial charge on any atom is 0.410 e. The van der Waals surface area contributed by atoms with Gasteiger partial charge in [0.15, 0.2) is 0 Å². The molecule has 130 valence electrons. The van der Waals surface area contributed by atoms with Gasteiger partial charge in [0.2, 0.25) is 0 Å². The highest BCUT2D eigenvalue weighted by Crippen LogP contribution is 2.17. The summed E-state index contributed by atoms with van der Waals surface area (Å²) >= 11 is 0. The SMILES string of the molecule is CCC(C)CNC(C)CC1COCCN1C(=O)OC(C)(C)C. The third-order valence-corrected chi connectivity index (χ3v) is 3.99. The molecule has 1 fully saturated rings. The first-order valence-corrected chi connectivity index (χ1v) is 8.53. The Labute approximate surface area is 135 Å². The second-order valence-electron chi connectivity index (χ2n) is 7.46. The quantitative estimate of drug-likeness (QED) is 0.819. The first kappa shape index (κ1) is 19.2. The molecule has 0 aromatic heterocycles. The van der Waals surface area contributed by atoms with Crippen LogP contribution in [0.25, 0.3) is 0 Å². The molecule has 1 aliphatic heterocycles. The van der Waals surface area contributed by atoms with Crippen molar-refractivity contribution in [1.82, 2.24) is 10.2 Å². The van der Waals surface area contributed by atoms with Crippen molar-refractivity contribution in [2.45, 2.75) is 72.1 Å². The minimum Gasteiger partial charge on any atom is -0.444 e. The van der Waals surface area contributed by atoms with Crippen LogP contribution in [-0.2, 0) is 9.47 Å². The van der Waals surface area contributed by atoms with Gasteiger partial charge in [0, 0.05) is 12.6 Å². The summed E-state index contributed by atoms with van der Waals surface area (Å²) in [5.41, 5.74) is -0.458. The van der Waals surface area contributed by atoms with Crippen molar-refractivity contribution in [2.24, 2.45) is 5.92 Å². The van der Waals surface area contributed by atoms with Crippen LogP contribution in [0.4, 0.5) is 4.79 Å². The van der Waals surface area contributed by atoms with Crippen molar-refractivity contribution in [2.75, 3.05) is 26.3 Å². The minimum atomic E-state index is -0.458. The predicted molar refractivity (Wildman–Crippen MR) is 89.1 cm³/mol. The maximum atomic E-state index is 12.3. The molecule has 0 aliphatic carbocycles. The average Bonchev–Trinajstić information content (AvgIpc) is 2.43. The summed E-state index contributed by atoms with van der Waals surface area (Å²) in [7, 11) is 0. The zero-order chi connectivity index (χ0) is 16.8. The Morgan fingerprint density at radius 2 is 2.09 bits per heavy atom. The van der Waals surface area contributed by atoms with E-state index in [1.54, 1.807) is 0 Å². The number of carbonyl (C=O) groups is 1. The molecule has 0 aromatic rings. The third-order valence-electron chi connectivity index (χ3n) is 3.99. The number of nitrogens with zero attached hydrogens (tertiary/aromatic N) is 1. The van der Waals surface area contributed by atoms with E-state index in [-0.39, 0.29) is 12.1 Å². The highest BCUT2D eigenvalue weighted by molar-refractivity contribution is 5.68. The van der Waals surface area contributed by atoms with Crippen molar-refractivity contribution < 1.29 is 14.3 Å². The zero-order valence-electron chi connectivity index (χ0n) is 15.1. The fraction of sp³-hybridized carbons (Fsp3) is 0.941. The molecular formula is C17H34N2O3. The van der Waals surface area contributed by atoms with Gasteiger partial charge in [0.25, 0.3) is 0 Å².